The summed E-state index contributed by atoms with van der Waals surface area (Å²) in [6.45, 7) is 10.3. The van der Waals surface area contributed by atoms with Crippen molar-refractivity contribution in [1.29, 1.82) is 0 Å². The highest BCUT2D eigenvalue weighted by Crippen LogP contribution is 2.53. The highest BCUT2D eigenvalue weighted by Gasteiger charge is 2.32. The third kappa shape index (κ3) is 22.0. The number of esters is 1. The molecule has 24 heteroatoms. The number of para-hydroxylation sites is 3. The topological polar surface area (TPSA) is 353 Å². The molecule has 139 heavy (non-hydrogen) atoms. The number of non-ortho nitro benzene ring substituents is 4. The minimum Gasteiger partial charge on any atom is -0.493 e. The Balaban J connectivity index is 0.000000126. The molecule has 0 saturated carbocycles. The summed E-state index contributed by atoms with van der Waals surface area (Å²) in [6, 6.07) is 102. The first kappa shape index (κ1) is 95.5. The zero-order valence-corrected chi connectivity index (χ0v) is 78.2. The molecule has 14 aromatic carbocycles. The first-order valence-corrected chi connectivity index (χ1v) is 46.2. The highest BCUT2D eigenvalue weighted by molar-refractivity contribution is 9.10. The predicted molar refractivity (Wildman–Crippen MR) is 556 cm³/mol. The molecule has 5 aliphatic carbocycles. The number of carbonyl (C=O) groups is 1. The van der Waals surface area contributed by atoms with Gasteiger partial charge in [-0.2, -0.15) is 0 Å². The number of nitro groups is 4. The molecule has 0 bridgehead atoms. The number of anilines is 1. The van der Waals surface area contributed by atoms with E-state index in [1.54, 1.807) is 54.7 Å². The normalized spacial score (nSPS) is 13.6. The molecule has 1 aromatic heterocycles. The number of benzene rings is 14. The first-order chi connectivity index (χ1) is 67.4. The van der Waals surface area contributed by atoms with E-state index in [0.29, 0.717) is 51.7 Å². The van der Waals surface area contributed by atoms with E-state index in [1.807, 2.05) is 283 Å². The van der Waals surface area contributed by atoms with Gasteiger partial charge in [-0.25, -0.2) is 4.98 Å². The Morgan fingerprint density at radius 2 is 0.676 bits per heavy atom. The van der Waals surface area contributed by atoms with Gasteiger partial charge < -0.3 is 46.6 Å². The maximum atomic E-state index is 11.9. The SMILES string of the molecule is CC(C)(C)OC(=O)CCCOc1ccccc1C=C1c2ccccc2-c2ccc([N+](=O)[O-])cc21.CC[C@@H](N)COc1ccccc1C=C1c2ccccc2-c2ccc([N+](=O)[O-])cc21.NCCOc1ccc(C=C2c3ccccc3-c3ccc([N+](=O)[O-])cc32)cc1.NCCOc1ccccc1C=C1c2ccccc2-c2ccc(N)cc21.O=[N+]([O-])c1ccc2c(c1)C(=Cc1cccnc1Br)c1ccccc1-2. The minimum atomic E-state index is -0.500. The molecule has 23 nitrogen and oxygen atoms in total. The van der Waals surface area contributed by atoms with Crippen molar-refractivity contribution in [3.8, 4) is 78.6 Å². The molecule has 694 valence electrons. The van der Waals surface area contributed by atoms with Crippen LogP contribution in [-0.4, -0.2) is 81.8 Å². The fraction of sp³-hybridized carbons (Fsp3) is 0.130. The fourth-order valence-corrected chi connectivity index (χ4v) is 17.7. The summed E-state index contributed by atoms with van der Waals surface area (Å²) in [4.78, 5) is 59.8. The lowest BCUT2D eigenvalue weighted by molar-refractivity contribution is -0.385. The van der Waals surface area contributed by atoms with Crippen molar-refractivity contribution >= 4 is 109 Å². The Hall–Kier alpha value is -16.6. The van der Waals surface area contributed by atoms with Crippen LogP contribution in [0.15, 0.2) is 332 Å². The van der Waals surface area contributed by atoms with Gasteiger partial charge in [0.25, 0.3) is 22.7 Å². The van der Waals surface area contributed by atoms with Crippen LogP contribution in [-0.2, 0) is 9.53 Å². The Morgan fingerprint density at radius 1 is 0.367 bits per heavy atom. The summed E-state index contributed by atoms with van der Waals surface area (Å²) < 4.78 is 29.4. The molecule has 0 aliphatic heterocycles. The molecule has 0 fully saturated rings. The molecule has 0 spiro atoms. The molecular weight excluding hydrogens is 1810 g/mol. The van der Waals surface area contributed by atoms with Crippen molar-refractivity contribution in [1.82, 2.24) is 4.98 Å². The number of nitrogens with zero attached hydrogens (tertiary/aromatic N) is 5. The van der Waals surface area contributed by atoms with E-state index in [2.05, 4.69) is 69.5 Å². The number of nitrogens with two attached hydrogens (primary N) is 4. The van der Waals surface area contributed by atoms with E-state index in [0.717, 1.165) is 179 Å². The van der Waals surface area contributed by atoms with E-state index in [1.165, 1.54) is 22.3 Å². The number of hydrogen-bond acceptors (Lipinski definition) is 19. The van der Waals surface area contributed by atoms with Crippen molar-refractivity contribution in [3.63, 3.8) is 0 Å². The van der Waals surface area contributed by atoms with Crippen LogP contribution in [0.3, 0.4) is 0 Å². The van der Waals surface area contributed by atoms with Crippen molar-refractivity contribution in [2.24, 2.45) is 17.2 Å². The number of nitro benzene ring substituents is 4. The van der Waals surface area contributed by atoms with Crippen LogP contribution in [0, 0.1) is 40.5 Å². The smallest absolute Gasteiger partial charge is 0.306 e. The first-order valence-electron chi connectivity index (χ1n) is 45.4. The van der Waals surface area contributed by atoms with Crippen LogP contribution in [0.2, 0.25) is 0 Å². The van der Waals surface area contributed by atoms with Crippen LogP contribution in [0.5, 0.6) is 23.0 Å². The average molecular weight is 1910 g/mol. The molecule has 0 radical (unpaired) electrons. The molecule has 0 unspecified atom stereocenters. The lowest BCUT2D eigenvalue weighted by Crippen LogP contribution is -2.26. The zero-order chi connectivity index (χ0) is 97.4. The van der Waals surface area contributed by atoms with Gasteiger partial charge in [0.1, 0.15) is 53.0 Å². The molecule has 20 rings (SSSR count). The lowest BCUT2D eigenvalue weighted by Gasteiger charge is -2.19. The van der Waals surface area contributed by atoms with Crippen molar-refractivity contribution in [2.75, 3.05) is 45.3 Å². The second kappa shape index (κ2) is 43.4. The number of carbonyl (C=O) groups excluding carboxylic acids is 1. The maximum Gasteiger partial charge on any atom is 0.306 e. The molecule has 8 N–H and O–H groups in total. The summed E-state index contributed by atoms with van der Waals surface area (Å²) in [6.07, 6.45) is 13.7. The highest BCUT2D eigenvalue weighted by atomic mass is 79.9. The van der Waals surface area contributed by atoms with Gasteiger partial charge in [-0.15, -0.1) is 0 Å². The lowest BCUT2D eigenvalue weighted by atomic mass is 10.0. The summed E-state index contributed by atoms with van der Waals surface area (Å²) >= 11 is 3.46. The average Bonchev–Trinajstić information content (AvgIpc) is 1.81. The van der Waals surface area contributed by atoms with E-state index >= 15 is 0 Å². The summed E-state index contributed by atoms with van der Waals surface area (Å²) in [5.41, 5.74) is 54.3. The van der Waals surface area contributed by atoms with Crippen molar-refractivity contribution in [3.05, 3.63) is 456 Å². The molecule has 5 aliphatic rings. The summed E-state index contributed by atoms with van der Waals surface area (Å²) in [5, 5.41) is 45.1. The van der Waals surface area contributed by atoms with Gasteiger partial charge in [0.2, 0.25) is 0 Å². The van der Waals surface area contributed by atoms with Gasteiger partial charge >= 0.3 is 5.97 Å². The second-order valence-corrected chi connectivity index (χ2v) is 34.9. The number of fused-ring (bicyclic) bond motifs is 15. The van der Waals surface area contributed by atoms with Crippen molar-refractivity contribution < 1.29 is 48.2 Å². The second-order valence-electron chi connectivity index (χ2n) is 34.1. The van der Waals surface area contributed by atoms with Gasteiger partial charge in [-0.1, -0.05) is 207 Å². The number of hydrogen-bond donors (Lipinski definition) is 4. The molecule has 1 heterocycles. The van der Waals surface area contributed by atoms with Gasteiger partial charge in [0.15, 0.2) is 0 Å². The Morgan fingerprint density at radius 3 is 1.04 bits per heavy atom. The number of ether oxygens (including phenoxy) is 5. The van der Waals surface area contributed by atoms with Crippen LogP contribution in [0.1, 0.15) is 130 Å². The minimum absolute atomic E-state index is 0.0220. The van der Waals surface area contributed by atoms with Gasteiger partial charge in [0.05, 0.1) is 26.3 Å². The third-order valence-electron chi connectivity index (χ3n) is 23.8. The fourth-order valence-electron chi connectivity index (χ4n) is 17.3. The van der Waals surface area contributed by atoms with E-state index in [4.69, 9.17) is 46.6 Å². The van der Waals surface area contributed by atoms with E-state index < -0.39 is 5.60 Å². The monoisotopic (exact) mass is 1910 g/mol. The van der Waals surface area contributed by atoms with Crippen LogP contribution < -0.4 is 41.9 Å². The van der Waals surface area contributed by atoms with E-state index in [9.17, 15) is 45.3 Å². The number of nitrogen functional groups attached to an aromatic ring is 1. The maximum absolute atomic E-state index is 11.9. The predicted octanol–water partition coefficient (Wildman–Crippen LogP) is 25.9. The summed E-state index contributed by atoms with van der Waals surface area (Å²) in [5.74, 6) is 2.81. The molecule has 1 atom stereocenters. The Bertz CT molecular complexity index is 7400. The van der Waals surface area contributed by atoms with Gasteiger partial charge in [-0.05, 0) is 297 Å². The number of aromatic nitrogens is 1. The number of rotatable bonds is 24. The number of pyridine rings is 1. The standard InChI is InChI=1S/C28H27NO5.C24H22N2O3.C22H18N2O3.C22H20N2O.C19H11BrN2O2/c1-28(2,3)34-27(30)13-8-16-33-26-12-7-4-9-19(26)17-24-22-11-6-5-10-21(22)23-15-14-20(29(31)32)18-25(23)24;1-2-17(25)15-29-24-10-6-3-7-16(24)13-22-20-9-5-4-8-19(20)21-12-11-18(26(27)28)14-23(21)22;23-11-12-27-17-8-5-15(6-9-17)13-21-19-4-2-1-3-18(19)20-10-7-16(24(25)26)14-22(20)21;23-11-12-25-22-8-4-1-5-15(22)13-20-18-7-3-2-6-17(18)19-10-9-16(24)14-21(19)20;20-19-12(4-3-9-21-19)10-17-15-6-2-1-5-14(15)16-8-7-13(22(23)24)11-18(16)17/h4-7,9-12,14-15,17-18H,8,13,16H2,1-3H3;3-14,17H,2,15,25H2,1H3;1-10,13-14H,11-12,23H2;1-10,13-14H,11-12,23-24H2;1-11H/t;17-;;;/m.1.../s1. The summed E-state index contributed by atoms with van der Waals surface area (Å²) in [7, 11) is 0. The van der Waals surface area contributed by atoms with Crippen LogP contribution in [0.4, 0.5) is 28.4 Å². The van der Waals surface area contributed by atoms with Crippen molar-refractivity contribution in [2.45, 2.75) is 58.6 Å². The quantitative estimate of drug-likeness (QED) is 0.0109. The van der Waals surface area contributed by atoms with Crippen LogP contribution in [0.25, 0.3) is 114 Å². The Labute approximate surface area is 812 Å². The Kier molecular flexibility index (Phi) is 29.8. The number of halogens is 1. The molecular formula is C115H98BrN9O14. The van der Waals surface area contributed by atoms with E-state index in [-0.39, 0.29) is 60.9 Å². The van der Waals surface area contributed by atoms with Crippen LogP contribution >= 0.6 is 15.9 Å². The molecule has 15 aromatic rings. The largest absolute Gasteiger partial charge is 0.493 e. The molecule has 0 saturated heterocycles. The van der Waals surface area contributed by atoms with Gasteiger partial charge in [0, 0.05) is 108 Å². The zero-order valence-electron chi connectivity index (χ0n) is 76.6. The van der Waals surface area contributed by atoms with Gasteiger partial charge in [-0.3, -0.25) is 45.3 Å². The third-order valence-corrected chi connectivity index (χ3v) is 24.4. The molecule has 0 amide bonds.